The van der Waals surface area contributed by atoms with Gasteiger partial charge in [-0.1, -0.05) is 149 Å². The number of aryl methyl sites for hydroxylation is 1. The molecule has 2 heterocycles. The van der Waals surface area contributed by atoms with Crippen molar-refractivity contribution >= 4 is 61.5 Å². The molecule has 7 heteroatoms. The predicted molar refractivity (Wildman–Crippen MR) is 253 cm³/mol. The molecule has 0 saturated heterocycles. The Morgan fingerprint density at radius 2 is 1.38 bits per heavy atom. The average Bonchev–Trinajstić information content (AvgIpc) is 3.52. The summed E-state index contributed by atoms with van der Waals surface area (Å²) in [4.78, 5) is 21.5. The summed E-state index contributed by atoms with van der Waals surface area (Å²) in [5.74, 6) is 2.55. The number of hydrogen-bond donors (Lipinski definition) is 1. The number of rotatable bonds is 16. The van der Waals surface area contributed by atoms with Gasteiger partial charge in [0.15, 0.2) is 5.78 Å². The van der Waals surface area contributed by atoms with E-state index in [4.69, 9.17) is 9.97 Å². The molecule has 0 aliphatic heterocycles. The molecule has 1 N–H and O–H groups in total. The molecule has 0 amide bonds. The summed E-state index contributed by atoms with van der Waals surface area (Å²) in [6, 6.07) is 23.9. The number of nitrogens with zero attached hydrogens (tertiary/aromatic N) is 2. The average molecular weight is 999 g/mol. The minimum atomic E-state index is -1.89. The molecule has 2 aromatic heterocycles. The van der Waals surface area contributed by atoms with Gasteiger partial charge < -0.3 is 5.11 Å². The number of carbonyl (C=O) groups is 1. The topological polar surface area (TPSA) is 63.1 Å². The van der Waals surface area contributed by atoms with E-state index >= 15 is 0 Å². The Balaban J connectivity index is 0.000000480. The maximum atomic E-state index is 11.7. The second-order valence-corrected chi connectivity index (χ2v) is 24.5. The number of aliphatic hydroxyl groups is 1. The van der Waals surface area contributed by atoms with Gasteiger partial charge in [0, 0.05) is 58.5 Å². The molecular formula is C51H73IrN2O2SSi-. The first-order valence-corrected chi connectivity index (χ1v) is 25.4. The second-order valence-electron chi connectivity index (χ2n) is 19.2. The first kappa shape index (κ1) is 49.7. The van der Waals surface area contributed by atoms with Gasteiger partial charge in [0.1, 0.15) is 6.33 Å². The van der Waals surface area contributed by atoms with Crippen LogP contribution in [0.4, 0.5) is 0 Å². The van der Waals surface area contributed by atoms with Crippen molar-refractivity contribution in [2.24, 2.45) is 35.0 Å². The number of carbonyl (C=O) groups excluding carboxylic acids is 1. The molecule has 0 aliphatic rings. The fraction of sp³-hybridized carbons (Fsp3) is 0.549. The van der Waals surface area contributed by atoms with Crippen LogP contribution in [-0.4, -0.2) is 28.9 Å². The van der Waals surface area contributed by atoms with Crippen LogP contribution < -0.4 is 5.19 Å². The maximum Gasteiger partial charge on any atom is 0.162 e. The molecule has 3 aromatic carbocycles. The number of thiophene rings is 1. The summed E-state index contributed by atoms with van der Waals surface area (Å²) in [5.41, 5.74) is 6.30. The molecule has 5 aromatic rings. The third kappa shape index (κ3) is 12.2. The standard InChI is InChI=1S/C38H49N2SSi.C13H24O2.Ir/c1-24(2)20-42(21-25(3)4,22-26(5)6)33-18-30(17-28-13-11-12-14-31(28)33)34-37-35(40-23-39-34)32-16-15-29(19-38(8,9)10)27(7)36(32)41-37;1-5-10(6-2)12(14)9-13(15)11(7-3)8-4;/h11-16,18,23-26H,19-22H2,1-10H3;9-11,14H,5-8H2,1-4H3;/q-1;;/b;12-9-;. The molecule has 0 unspecified atom stereocenters. The summed E-state index contributed by atoms with van der Waals surface area (Å²) in [7, 11) is -1.89. The zero-order valence-corrected chi connectivity index (χ0v) is 42.4. The number of aromatic nitrogens is 2. The van der Waals surface area contributed by atoms with Crippen LogP contribution in [-0.2, 0) is 31.3 Å². The van der Waals surface area contributed by atoms with Crippen molar-refractivity contribution in [2.75, 3.05) is 0 Å². The van der Waals surface area contributed by atoms with Gasteiger partial charge in [-0.05, 0) is 73.3 Å². The van der Waals surface area contributed by atoms with Crippen LogP contribution in [0.2, 0.25) is 18.1 Å². The largest absolute Gasteiger partial charge is 0.512 e. The number of fused-ring (bicyclic) bond motifs is 4. The second kappa shape index (κ2) is 21.7. The molecule has 0 aliphatic carbocycles. The molecule has 0 spiro atoms. The van der Waals surface area contributed by atoms with E-state index in [1.165, 1.54) is 60.9 Å². The van der Waals surface area contributed by atoms with E-state index in [9.17, 15) is 9.90 Å². The van der Waals surface area contributed by atoms with Crippen molar-refractivity contribution in [2.45, 2.75) is 147 Å². The van der Waals surface area contributed by atoms with E-state index in [0.29, 0.717) is 17.8 Å². The van der Waals surface area contributed by atoms with Crippen LogP contribution in [0.5, 0.6) is 0 Å². The monoisotopic (exact) mass is 998 g/mol. The van der Waals surface area contributed by atoms with E-state index in [1.54, 1.807) is 11.5 Å². The van der Waals surface area contributed by atoms with Crippen LogP contribution in [0.1, 0.15) is 127 Å². The minimum absolute atomic E-state index is 0. The molecule has 0 fully saturated rings. The molecule has 319 valence electrons. The van der Waals surface area contributed by atoms with Crippen LogP contribution >= 0.6 is 11.3 Å². The first-order valence-electron chi connectivity index (χ1n) is 21.9. The third-order valence-corrected chi connectivity index (χ3v) is 19.3. The molecule has 1 radical (unpaired) electrons. The van der Waals surface area contributed by atoms with Gasteiger partial charge in [-0.15, -0.1) is 40.1 Å². The summed E-state index contributed by atoms with van der Waals surface area (Å²) in [6.45, 7) is 31.8. The van der Waals surface area contributed by atoms with E-state index in [1.807, 2.05) is 39.0 Å². The number of aliphatic hydroxyl groups excluding tert-OH is 1. The quantitative estimate of drug-likeness (QED) is 0.0463. The molecule has 4 nitrogen and oxygen atoms in total. The third-order valence-electron chi connectivity index (χ3n) is 11.6. The van der Waals surface area contributed by atoms with Gasteiger partial charge in [-0.25, -0.2) is 4.98 Å². The summed E-state index contributed by atoms with van der Waals surface area (Å²) in [6.07, 6.45) is 7.74. The van der Waals surface area contributed by atoms with Crippen molar-refractivity contribution in [3.8, 4) is 11.3 Å². The Morgan fingerprint density at radius 1 is 0.810 bits per heavy atom. The van der Waals surface area contributed by atoms with E-state index in [-0.39, 0.29) is 48.9 Å². The molecular weight excluding hydrogens is 925 g/mol. The Bertz CT molecular complexity index is 2110. The minimum Gasteiger partial charge on any atom is -0.512 e. The summed E-state index contributed by atoms with van der Waals surface area (Å²) in [5, 5.41) is 15.2. The number of ketones is 1. The van der Waals surface area contributed by atoms with E-state index < -0.39 is 8.07 Å². The SMILES string of the molecule is CCC(CC)C(=O)/C=C(\O)C(CC)CC.Cc1c(CC(C)(C)C)ccc2c1sc1c(-c3[c-]c4ccccc4c([Si](CC(C)C)(CC(C)C)CC(C)C)c3)ncnc12.[Ir]. The smallest absolute Gasteiger partial charge is 0.162 e. The van der Waals surface area contributed by atoms with Crippen molar-refractivity contribution in [1.29, 1.82) is 0 Å². The molecule has 5 rings (SSSR count). The first-order chi connectivity index (χ1) is 26.9. The van der Waals surface area contributed by atoms with E-state index in [0.717, 1.165) is 48.9 Å². The van der Waals surface area contributed by atoms with Crippen molar-refractivity contribution < 1.29 is 30.0 Å². The number of hydrogen-bond acceptors (Lipinski definition) is 5. The van der Waals surface area contributed by atoms with Crippen molar-refractivity contribution in [3.05, 3.63) is 77.8 Å². The van der Waals surface area contributed by atoms with Crippen LogP contribution in [0.15, 0.2) is 60.6 Å². The molecule has 0 atom stereocenters. The Labute approximate surface area is 370 Å². The van der Waals surface area contributed by atoms with Crippen molar-refractivity contribution in [1.82, 2.24) is 9.97 Å². The van der Waals surface area contributed by atoms with Crippen LogP contribution in [0.3, 0.4) is 0 Å². The molecule has 58 heavy (non-hydrogen) atoms. The summed E-state index contributed by atoms with van der Waals surface area (Å²) < 4.78 is 2.53. The number of benzene rings is 3. The predicted octanol–water partition coefficient (Wildman–Crippen LogP) is 14.9. The van der Waals surface area contributed by atoms with E-state index in [2.05, 4.69) is 118 Å². The van der Waals surface area contributed by atoms with Crippen LogP contribution in [0, 0.1) is 48.0 Å². The fourth-order valence-corrected chi connectivity index (χ4v) is 17.6. The normalized spacial score (nSPS) is 12.7. The van der Waals surface area contributed by atoms with Gasteiger partial charge >= 0.3 is 0 Å². The van der Waals surface area contributed by atoms with Gasteiger partial charge in [-0.2, -0.15) is 0 Å². The van der Waals surface area contributed by atoms with Crippen LogP contribution in [0.25, 0.3) is 42.3 Å². The van der Waals surface area contributed by atoms with Gasteiger partial charge in [0.2, 0.25) is 0 Å². The molecule has 0 saturated carbocycles. The summed E-state index contributed by atoms with van der Waals surface area (Å²) >= 11 is 1.87. The van der Waals surface area contributed by atoms with Gasteiger partial charge in [0.25, 0.3) is 0 Å². The van der Waals surface area contributed by atoms with Crippen molar-refractivity contribution in [3.63, 3.8) is 0 Å². The fourth-order valence-electron chi connectivity index (χ4n) is 9.27. The van der Waals surface area contributed by atoms with Gasteiger partial charge in [0.05, 0.1) is 19.3 Å². The molecule has 0 bridgehead atoms. The zero-order chi connectivity index (χ0) is 42.2. The van der Waals surface area contributed by atoms with Gasteiger partial charge in [-0.3, -0.25) is 9.78 Å². The maximum absolute atomic E-state index is 11.7. The zero-order valence-electron chi connectivity index (χ0n) is 38.2. The Kier molecular flexibility index (Phi) is 18.6. The Hall–Kier alpha value is -2.70. The Morgan fingerprint density at radius 3 is 1.91 bits per heavy atom. The number of allylic oxidation sites excluding steroid dienone is 2.